The highest BCUT2D eigenvalue weighted by Crippen LogP contribution is 2.33. The fourth-order valence-electron chi connectivity index (χ4n) is 1.76. The molecule has 2 rings (SSSR count). The predicted octanol–water partition coefficient (Wildman–Crippen LogP) is 3.52. The maximum absolute atomic E-state index is 12.0. The zero-order valence-electron chi connectivity index (χ0n) is 11.3. The molecular weight excluding hydrogens is 354 g/mol. The topological polar surface area (TPSA) is 46.6 Å². The summed E-state index contributed by atoms with van der Waals surface area (Å²) in [5.41, 5.74) is 0.802. The lowest BCUT2D eigenvalue weighted by Crippen LogP contribution is -2.28. The normalized spacial score (nSPS) is 16.4. The van der Waals surface area contributed by atoms with Gasteiger partial charge >= 0.3 is 0 Å². The van der Waals surface area contributed by atoms with E-state index in [2.05, 4.69) is 21.9 Å². The average Bonchev–Trinajstić information content (AvgIpc) is 2.70. The van der Waals surface area contributed by atoms with E-state index in [0.29, 0.717) is 11.5 Å². The van der Waals surface area contributed by atoms with Crippen LogP contribution in [0.4, 0.5) is 4.79 Å². The summed E-state index contributed by atoms with van der Waals surface area (Å²) >= 11 is 4.30. The minimum absolute atomic E-state index is 0.00498. The molecule has 1 aromatic carbocycles. The highest BCUT2D eigenvalue weighted by Gasteiger charge is 2.34. The molecule has 0 saturated carbocycles. The number of rotatable bonds is 4. The first kappa shape index (κ1) is 15.7. The molecule has 0 atom stereocenters. The monoisotopic (exact) mass is 365 g/mol. The fraction of sp³-hybridized carbons (Fsp3) is 0.200. The molecule has 108 valence electrons. The molecule has 0 unspecified atom stereocenters. The van der Waals surface area contributed by atoms with Crippen molar-refractivity contribution in [1.82, 2.24) is 4.90 Å². The van der Waals surface area contributed by atoms with Crippen LogP contribution in [-0.2, 0) is 4.79 Å². The molecule has 1 aliphatic rings. The van der Waals surface area contributed by atoms with Crippen LogP contribution >= 0.6 is 27.7 Å². The molecular formula is C15H12BrNO3S. The number of imide groups is 1. The van der Waals surface area contributed by atoms with E-state index in [4.69, 9.17) is 11.2 Å². The third-order valence-electron chi connectivity index (χ3n) is 2.68. The van der Waals surface area contributed by atoms with Crippen molar-refractivity contribution in [3.8, 4) is 18.1 Å². The van der Waals surface area contributed by atoms with Crippen molar-refractivity contribution >= 4 is 44.9 Å². The third-order valence-corrected chi connectivity index (χ3v) is 4.20. The first-order chi connectivity index (χ1) is 10.1. The van der Waals surface area contributed by atoms with Crippen LogP contribution in [-0.4, -0.2) is 29.2 Å². The van der Waals surface area contributed by atoms with Gasteiger partial charge in [0.05, 0.1) is 22.5 Å². The van der Waals surface area contributed by atoms with E-state index in [-0.39, 0.29) is 17.7 Å². The van der Waals surface area contributed by atoms with Crippen molar-refractivity contribution in [3.63, 3.8) is 0 Å². The highest BCUT2D eigenvalue weighted by molar-refractivity contribution is 9.10. The van der Waals surface area contributed by atoms with E-state index >= 15 is 0 Å². The highest BCUT2D eigenvalue weighted by atomic mass is 79.9. The van der Waals surface area contributed by atoms with Crippen LogP contribution in [0.1, 0.15) is 12.5 Å². The van der Waals surface area contributed by atoms with Crippen molar-refractivity contribution in [1.29, 1.82) is 0 Å². The number of amides is 2. The SMILES string of the molecule is C#CCN1C(=O)SC(=Cc2ccc(OCC)c(Br)c2)C1=O. The lowest BCUT2D eigenvalue weighted by molar-refractivity contribution is -0.122. The Balaban J connectivity index is 2.25. The van der Waals surface area contributed by atoms with Gasteiger partial charge in [-0.25, -0.2) is 0 Å². The molecule has 2 amide bonds. The van der Waals surface area contributed by atoms with Crippen LogP contribution < -0.4 is 4.74 Å². The Morgan fingerprint density at radius 2 is 2.24 bits per heavy atom. The van der Waals surface area contributed by atoms with Gasteiger partial charge in [-0.15, -0.1) is 6.42 Å². The van der Waals surface area contributed by atoms with Crippen molar-refractivity contribution < 1.29 is 14.3 Å². The molecule has 0 aliphatic carbocycles. The lowest BCUT2D eigenvalue weighted by Gasteiger charge is -2.07. The lowest BCUT2D eigenvalue weighted by atomic mass is 10.2. The van der Waals surface area contributed by atoms with E-state index in [1.807, 2.05) is 25.1 Å². The number of benzene rings is 1. The van der Waals surface area contributed by atoms with Crippen LogP contribution in [0, 0.1) is 12.3 Å². The number of hydrogen-bond acceptors (Lipinski definition) is 4. The van der Waals surface area contributed by atoms with Crippen LogP contribution in [0.2, 0.25) is 0 Å². The Labute approximate surface area is 135 Å². The Bertz CT molecular complexity index is 663. The van der Waals surface area contributed by atoms with Gasteiger partial charge in [-0.3, -0.25) is 14.5 Å². The smallest absolute Gasteiger partial charge is 0.294 e. The van der Waals surface area contributed by atoms with Gasteiger partial charge in [-0.2, -0.15) is 0 Å². The number of terminal acetylenes is 1. The number of carbonyl (C=O) groups is 2. The molecule has 21 heavy (non-hydrogen) atoms. The summed E-state index contributed by atoms with van der Waals surface area (Å²) in [6, 6.07) is 5.47. The zero-order valence-corrected chi connectivity index (χ0v) is 13.7. The zero-order chi connectivity index (χ0) is 15.4. The second-order valence-electron chi connectivity index (χ2n) is 4.09. The van der Waals surface area contributed by atoms with Crippen molar-refractivity contribution in [3.05, 3.63) is 33.1 Å². The van der Waals surface area contributed by atoms with Gasteiger partial charge < -0.3 is 4.74 Å². The summed E-state index contributed by atoms with van der Waals surface area (Å²) in [6.45, 7) is 2.47. The largest absolute Gasteiger partial charge is 0.493 e. The van der Waals surface area contributed by atoms with Gasteiger partial charge in [-0.05, 0) is 58.4 Å². The molecule has 0 bridgehead atoms. The van der Waals surface area contributed by atoms with Crippen LogP contribution in [0.15, 0.2) is 27.6 Å². The molecule has 6 heteroatoms. The van der Waals surface area contributed by atoms with Gasteiger partial charge in [0.15, 0.2) is 0 Å². The molecule has 0 radical (unpaired) electrons. The summed E-state index contributed by atoms with van der Waals surface area (Å²) in [4.78, 5) is 25.2. The van der Waals surface area contributed by atoms with E-state index in [9.17, 15) is 9.59 Å². The van der Waals surface area contributed by atoms with Crippen molar-refractivity contribution in [2.75, 3.05) is 13.2 Å². The molecule has 0 spiro atoms. The summed E-state index contributed by atoms with van der Waals surface area (Å²) in [6.07, 6.45) is 6.82. The van der Waals surface area contributed by atoms with Crippen LogP contribution in [0.3, 0.4) is 0 Å². The fourth-order valence-corrected chi connectivity index (χ4v) is 3.11. The number of thioether (sulfide) groups is 1. The summed E-state index contributed by atoms with van der Waals surface area (Å²) in [5, 5.41) is -0.339. The van der Waals surface area contributed by atoms with Gasteiger partial charge in [0, 0.05) is 0 Å². The number of carbonyl (C=O) groups excluding carboxylic acids is 2. The Morgan fingerprint density at radius 1 is 1.48 bits per heavy atom. The second kappa shape index (κ2) is 6.83. The van der Waals surface area contributed by atoms with E-state index in [1.54, 1.807) is 6.08 Å². The molecule has 1 fully saturated rings. The number of hydrogen-bond donors (Lipinski definition) is 0. The second-order valence-corrected chi connectivity index (χ2v) is 5.94. The Morgan fingerprint density at radius 3 is 2.86 bits per heavy atom. The maximum atomic E-state index is 12.0. The molecule has 1 aromatic rings. The summed E-state index contributed by atoms with van der Waals surface area (Å²) in [5.74, 6) is 2.68. The van der Waals surface area contributed by atoms with Crippen molar-refractivity contribution in [2.24, 2.45) is 0 Å². The quantitative estimate of drug-likeness (QED) is 0.604. The number of ether oxygens (including phenoxy) is 1. The average molecular weight is 366 g/mol. The molecule has 1 aliphatic heterocycles. The van der Waals surface area contributed by atoms with E-state index in [0.717, 1.165) is 32.4 Å². The molecule has 1 saturated heterocycles. The number of halogens is 1. The molecule has 0 N–H and O–H groups in total. The van der Waals surface area contributed by atoms with Crippen LogP contribution in [0.25, 0.3) is 6.08 Å². The summed E-state index contributed by atoms with van der Waals surface area (Å²) in [7, 11) is 0. The first-order valence-corrected chi connectivity index (χ1v) is 7.79. The first-order valence-electron chi connectivity index (χ1n) is 6.18. The third kappa shape index (κ3) is 3.49. The van der Waals surface area contributed by atoms with Crippen molar-refractivity contribution in [2.45, 2.75) is 6.92 Å². The van der Waals surface area contributed by atoms with Gasteiger partial charge in [-0.1, -0.05) is 12.0 Å². The van der Waals surface area contributed by atoms with Gasteiger partial charge in [0.25, 0.3) is 11.1 Å². The Hall–Kier alpha value is -1.71. The number of nitrogens with zero attached hydrogens (tertiary/aromatic N) is 1. The summed E-state index contributed by atoms with van der Waals surface area (Å²) < 4.78 is 6.22. The molecule has 4 nitrogen and oxygen atoms in total. The van der Waals surface area contributed by atoms with Crippen LogP contribution in [0.5, 0.6) is 5.75 Å². The van der Waals surface area contributed by atoms with Gasteiger partial charge in [0.2, 0.25) is 0 Å². The van der Waals surface area contributed by atoms with Gasteiger partial charge in [0.1, 0.15) is 5.75 Å². The van der Waals surface area contributed by atoms with E-state index < -0.39 is 0 Å². The maximum Gasteiger partial charge on any atom is 0.294 e. The van der Waals surface area contributed by atoms with E-state index in [1.165, 1.54) is 0 Å². The molecule has 0 aromatic heterocycles. The Kier molecular flexibility index (Phi) is 5.10. The standard InChI is InChI=1S/C15H12BrNO3S/c1-3-7-17-14(18)13(21-15(17)19)9-10-5-6-12(20-4-2)11(16)8-10/h1,5-6,8-9H,4,7H2,2H3. The minimum atomic E-state index is -0.354. The minimum Gasteiger partial charge on any atom is -0.493 e. The predicted molar refractivity (Wildman–Crippen MR) is 86.8 cm³/mol. The molecule has 1 heterocycles.